The third-order valence-electron chi connectivity index (χ3n) is 4.04. The van der Waals surface area contributed by atoms with Crippen molar-refractivity contribution in [3.05, 3.63) is 53.3 Å². The molecule has 1 N–H and O–H groups in total. The van der Waals surface area contributed by atoms with E-state index in [4.69, 9.17) is 4.42 Å². The molecular formula is C19H18FNO4S. The lowest BCUT2D eigenvalue weighted by Gasteiger charge is -2.07. The van der Waals surface area contributed by atoms with Crippen LogP contribution in [0, 0.1) is 12.7 Å². The minimum absolute atomic E-state index is 0.105. The summed E-state index contributed by atoms with van der Waals surface area (Å²) in [5.74, 6) is -0.141. The topological polar surface area (TPSA) is 76.4 Å². The number of halogens is 1. The zero-order valence-electron chi connectivity index (χ0n) is 14.6. The molecular weight excluding hydrogens is 357 g/mol. The Kier molecular flexibility index (Phi) is 4.58. The highest BCUT2D eigenvalue weighted by Crippen LogP contribution is 2.37. The van der Waals surface area contributed by atoms with Gasteiger partial charge in [0.2, 0.25) is 10.0 Å². The maximum atomic E-state index is 13.2. The van der Waals surface area contributed by atoms with Gasteiger partial charge >= 0.3 is 0 Å². The molecule has 0 aliphatic carbocycles. The Bertz CT molecular complexity index is 1100. The third-order valence-corrected chi connectivity index (χ3v) is 4.63. The molecule has 0 bridgehead atoms. The van der Waals surface area contributed by atoms with Crippen molar-refractivity contribution in [2.75, 3.05) is 11.0 Å². The number of benzene rings is 2. The number of carbonyl (C=O) groups is 1. The van der Waals surface area contributed by atoms with E-state index in [1.54, 1.807) is 38.1 Å². The van der Waals surface area contributed by atoms with Gasteiger partial charge in [-0.05, 0) is 42.8 Å². The minimum Gasteiger partial charge on any atom is -0.455 e. The van der Waals surface area contributed by atoms with Gasteiger partial charge in [-0.25, -0.2) is 12.8 Å². The summed E-state index contributed by atoms with van der Waals surface area (Å²) in [5.41, 5.74) is 2.44. The summed E-state index contributed by atoms with van der Waals surface area (Å²) in [7, 11) is -3.45. The van der Waals surface area contributed by atoms with Crippen LogP contribution in [0.3, 0.4) is 0 Å². The number of carbonyl (C=O) groups excluding carboxylic acids is 1. The molecule has 0 fully saturated rings. The number of anilines is 1. The van der Waals surface area contributed by atoms with E-state index in [9.17, 15) is 17.6 Å². The standard InChI is InChI=1S/C19H18FNO4S/c1-4-16(22)18-14-9-11(2)15(21-26(3,23)24)10-17(14)25-19(18)12-5-7-13(20)8-6-12/h5-10,21H,4H2,1-3H3. The molecule has 3 aromatic rings. The third kappa shape index (κ3) is 3.48. The highest BCUT2D eigenvalue weighted by molar-refractivity contribution is 7.92. The Morgan fingerprint density at radius 2 is 1.85 bits per heavy atom. The average Bonchev–Trinajstić information content (AvgIpc) is 2.92. The SMILES string of the molecule is CCC(=O)c1c(-c2ccc(F)cc2)oc2cc(NS(C)(=O)=O)c(C)cc12. The first kappa shape index (κ1) is 18.1. The molecule has 2 aromatic carbocycles. The van der Waals surface area contributed by atoms with Crippen LogP contribution >= 0.6 is 0 Å². The summed E-state index contributed by atoms with van der Waals surface area (Å²) >= 11 is 0. The van der Waals surface area contributed by atoms with E-state index in [2.05, 4.69) is 4.72 Å². The normalized spacial score (nSPS) is 11.7. The molecule has 0 aliphatic rings. The summed E-state index contributed by atoms with van der Waals surface area (Å²) < 4.78 is 44.6. The summed E-state index contributed by atoms with van der Waals surface area (Å²) in [6.07, 6.45) is 1.35. The highest BCUT2D eigenvalue weighted by Gasteiger charge is 2.22. The first-order valence-electron chi connectivity index (χ1n) is 8.03. The summed E-state index contributed by atoms with van der Waals surface area (Å²) in [6.45, 7) is 3.50. The van der Waals surface area contributed by atoms with Crippen LogP contribution in [0.15, 0.2) is 40.8 Å². The molecule has 0 spiro atoms. The van der Waals surface area contributed by atoms with Crippen LogP contribution in [-0.2, 0) is 10.0 Å². The lowest BCUT2D eigenvalue weighted by molar-refractivity contribution is 0.0989. The minimum atomic E-state index is -3.45. The molecule has 3 rings (SSSR count). The van der Waals surface area contributed by atoms with Gasteiger partial charge in [0.1, 0.15) is 17.2 Å². The second-order valence-electron chi connectivity index (χ2n) is 6.13. The molecule has 0 unspecified atom stereocenters. The first-order valence-corrected chi connectivity index (χ1v) is 9.93. The number of furan rings is 1. The predicted octanol–water partition coefficient (Wildman–Crippen LogP) is 4.51. The van der Waals surface area contributed by atoms with E-state index in [1.807, 2.05) is 0 Å². The Morgan fingerprint density at radius 3 is 2.42 bits per heavy atom. The van der Waals surface area contributed by atoms with Gasteiger partial charge in [-0.1, -0.05) is 6.92 Å². The van der Waals surface area contributed by atoms with E-state index < -0.39 is 10.0 Å². The largest absolute Gasteiger partial charge is 0.455 e. The zero-order chi connectivity index (χ0) is 19.1. The van der Waals surface area contributed by atoms with Gasteiger partial charge in [-0.2, -0.15) is 0 Å². The van der Waals surface area contributed by atoms with Gasteiger partial charge in [0.15, 0.2) is 5.78 Å². The summed E-state index contributed by atoms with van der Waals surface area (Å²) in [6, 6.07) is 8.96. The van der Waals surface area contributed by atoms with Crippen LogP contribution in [0.2, 0.25) is 0 Å². The van der Waals surface area contributed by atoms with Crippen LogP contribution in [0.1, 0.15) is 29.3 Å². The lowest BCUT2D eigenvalue weighted by Crippen LogP contribution is -2.10. The fraction of sp³-hybridized carbons (Fsp3) is 0.211. The van der Waals surface area contributed by atoms with Crippen LogP contribution in [0.25, 0.3) is 22.3 Å². The quantitative estimate of drug-likeness (QED) is 0.666. The number of rotatable bonds is 5. The van der Waals surface area contributed by atoms with Crippen molar-refractivity contribution in [3.63, 3.8) is 0 Å². The van der Waals surface area contributed by atoms with Crippen molar-refractivity contribution >= 4 is 32.5 Å². The molecule has 136 valence electrons. The molecule has 0 saturated carbocycles. The van der Waals surface area contributed by atoms with Crippen molar-refractivity contribution in [3.8, 4) is 11.3 Å². The molecule has 7 heteroatoms. The Balaban J connectivity index is 2.27. The Morgan fingerprint density at radius 1 is 1.19 bits per heavy atom. The molecule has 1 aromatic heterocycles. The zero-order valence-corrected chi connectivity index (χ0v) is 15.4. The van der Waals surface area contributed by atoms with E-state index >= 15 is 0 Å². The van der Waals surface area contributed by atoms with Gasteiger partial charge in [-0.15, -0.1) is 0 Å². The molecule has 1 heterocycles. The van der Waals surface area contributed by atoms with Crippen molar-refractivity contribution in [1.82, 2.24) is 0 Å². The first-order chi connectivity index (χ1) is 12.2. The van der Waals surface area contributed by atoms with Gasteiger partial charge in [0.05, 0.1) is 17.5 Å². The van der Waals surface area contributed by atoms with Gasteiger partial charge in [-0.3, -0.25) is 9.52 Å². The molecule has 0 atom stereocenters. The maximum absolute atomic E-state index is 13.2. The maximum Gasteiger partial charge on any atom is 0.229 e. The fourth-order valence-electron chi connectivity index (χ4n) is 2.82. The summed E-state index contributed by atoms with van der Waals surface area (Å²) in [5, 5.41) is 0.604. The van der Waals surface area contributed by atoms with Crippen LogP contribution in [-0.4, -0.2) is 20.5 Å². The average molecular weight is 375 g/mol. The summed E-state index contributed by atoms with van der Waals surface area (Å²) in [4.78, 5) is 12.5. The highest BCUT2D eigenvalue weighted by atomic mass is 32.2. The van der Waals surface area contributed by atoms with Gasteiger partial charge < -0.3 is 4.42 Å². The van der Waals surface area contributed by atoms with Crippen LogP contribution < -0.4 is 4.72 Å². The smallest absolute Gasteiger partial charge is 0.229 e. The van der Waals surface area contributed by atoms with Crippen molar-refractivity contribution in [2.45, 2.75) is 20.3 Å². The number of hydrogen-bond acceptors (Lipinski definition) is 4. The number of fused-ring (bicyclic) bond motifs is 1. The second kappa shape index (κ2) is 6.57. The van der Waals surface area contributed by atoms with Crippen molar-refractivity contribution in [1.29, 1.82) is 0 Å². The van der Waals surface area contributed by atoms with E-state index in [0.717, 1.165) is 6.26 Å². The predicted molar refractivity (Wildman–Crippen MR) is 99.4 cm³/mol. The molecule has 5 nitrogen and oxygen atoms in total. The molecule has 26 heavy (non-hydrogen) atoms. The number of sulfonamides is 1. The second-order valence-corrected chi connectivity index (χ2v) is 7.88. The van der Waals surface area contributed by atoms with Crippen molar-refractivity contribution in [2.24, 2.45) is 0 Å². The number of Topliss-reactive ketones (excluding diaryl/α,β-unsaturated/α-hetero) is 1. The van der Waals surface area contributed by atoms with Crippen LogP contribution in [0.4, 0.5) is 10.1 Å². The molecule has 0 saturated heterocycles. The lowest BCUT2D eigenvalue weighted by atomic mass is 9.99. The monoisotopic (exact) mass is 375 g/mol. The number of hydrogen-bond donors (Lipinski definition) is 1. The van der Waals surface area contributed by atoms with Gasteiger partial charge in [0, 0.05) is 23.4 Å². The molecule has 0 amide bonds. The van der Waals surface area contributed by atoms with Crippen LogP contribution in [0.5, 0.6) is 0 Å². The van der Waals surface area contributed by atoms with Gasteiger partial charge in [0.25, 0.3) is 0 Å². The van der Waals surface area contributed by atoms with Crippen molar-refractivity contribution < 1.29 is 22.0 Å². The number of nitrogens with one attached hydrogen (secondary N) is 1. The van der Waals surface area contributed by atoms with E-state index in [0.29, 0.717) is 39.1 Å². The molecule has 0 aliphatic heterocycles. The Hall–Kier alpha value is -2.67. The van der Waals surface area contributed by atoms with E-state index in [-0.39, 0.29) is 18.0 Å². The molecule has 0 radical (unpaired) electrons. The Labute approximate surface area is 150 Å². The number of aryl methyl sites for hydroxylation is 1. The number of ketones is 1. The van der Waals surface area contributed by atoms with E-state index in [1.165, 1.54) is 12.1 Å². The fourth-order valence-corrected chi connectivity index (χ4v) is 3.44.